The maximum absolute atomic E-state index is 14.7. The molecule has 0 unspecified atom stereocenters. The summed E-state index contributed by atoms with van der Waals surface area (Å²) in [6.45, 7) is 7.56. The number of nitriles is 1. The van der Waals surface area contributed by atoms with Gasteiger partial charge in [0.1, 0.15) is 29.1 Å². The van der Waals surface area contributed by atoms with Crippen LogP contribution in [0.2, 0.25) is 0 Å². The van der Waals surface area contributed by atoms with Crippen molar-refractivity contribution in [2.75, 3.05) is 54.4 Å². The molecule has 3 aromatic rings. The van der Waals surface area contributed by atoms with Gasteiger partial charge in [-0.1, -0.05) is 6.07 Å². The van der Waals surface area contributed by atoms with Gasteiger partial charge in [0.2, 0.25) is 0 Å². The number of nitrogens with zero attached hydrogens (tertiary/aromatic N) is 4. The first-order valence-electron chi connectivity index (χ1n) is 14.2. The molecule has 2 fully saturated rings. The zero-order chi connectivity index (χ0) is 29.0. The number of ether oxygens (including phenoxy) is 1. The molecule has 5 rings (SSSR count). The van der Waals surface area contributed by atoms with Crippen LogP contribution in [0.4, 0.5) is 15.9 Å². The average Bonchev–Trinajstić information content (AvgIpc) is 3.18. The van der Waals surface area contributed by atoms with Gasteiger partial charge < -0.3 is 20.3 Å². The van der Waals surface area contributed by atoms with Crippen molar-refractivity contribution in [3.05, 3.63) is 53.8 Å². The van der Waals surface area contributed by atoms with Gasteiger partial charge in [-0.25, -0.2) is 17.5 Å². The van der Waals surface area contributed by atoms with E-state index in [4.69, 9.17) is 9.84 Å². The van der Waals surface area contributed by atoms with Gasteiger partial charge in [0.15, 0.2) is 9.84 Å². The predicted octanol–water partition coefficient (Wildman–Crippen LogP) is 4.37. The Labute approximate surface area is 241 Å². The lowest BCUT2D eigenvalue weighted by Gasteiger charge is -2.29. The quantitative estimate of drug-likeness (QED) is 0.404. The Balaban J connectivity index is 1.53. The van der Waals surface area contributed by atoms with Gasteiger partial charge in [-0.05, 0) is 76.4 Å². The Morgan fingerprint density at radius 3 is 2.68 bits per heavy atom. The maximum atomic E-state index is 14.7. The Morgan fingerprint density at radius 2 is 1.95 bits per heavy atom. The molecule has 9 nitrogen and oxygen atoms in total. The zero-order valence-electron chi connectivity index (χ0n) is 23.6. The smallest absolute Gasteiger partial charge is 0.153 e. The molecule has 0 spiro atoms. The molecule has 0 bridgehead atoms. The van der Waals surface area contributed by atoms with E-state index < -0.39 is 15.7 Å². The van der Waals surface area contributed by atoms with E-state index >= 15 is 0 Å². The van der Waals surface area contributed by atoms with Gasteiger partial charge in [-0.15, -0.1) is 5.10 Å². The fourth-order valence-electron chi connectivity index (χ4n) is 5.36. The Hall–Kier alpha value is -3.62. The molecule has 1 atom stereocenters. The Kier molecular flexibility index (Phi) is 8.80. The molecule has 2 aromatic carbocycles. The van der Waals surface area contributed by atoms with Crippen molar-refractivity contribution in [2.24, 2.45) is 5.92 Å². The highest BCUT2D eigenvalue weighted by atomic mass is 32.2. The molecule has 0 amide bonds. The molecule has 2 saturated heterocycles. The van der Waals surface area contributed by atoms with Crippen LogP contribution < -0.4 is 20.3 Å². The first-order chi connectivity index (χ1) is 19.7. The van der Waals surface area contributed by atoms with Crippen LogP contribution in [0.25, 0.3) is 16.9 Å². The number of benzene rings is 2. The second kappa shape index (κ2) is 12.5. The van der Waals surface area contributed by atoms with Crippen molar-refractivity contribution < 1.29 is 17.5 Å². The third-order valence-electron chi connectivity index (χ3n) is 7.61. The van der Waals surface area contributed by atoms with Crippen LogP contribution in [0.1, 0.15) is 38.7 Å². The van der Waals surface area contributed by atoms with Crippen molar-refractivity contribution in [1.82, 2.24) is 15.1 Å². The third-order valence-corrected chi connectivity index (χ3v) is 9.21. The van der Waals surface area contributed by atoms with Crippen LogP contribution in [-0.4, -0.2) is 68.5 Å². The summed E-state index contributed by atoms with van der Waals surface area (Å²) >= 11 is 0. The Bertz CT molecular complexity index is 1510. The number of hydrogen-bond donors (Lipinski definition) is 2. The van der Waals surface area contributed by atoms with Crippen LogP contribution in [0.15, 0.2) is 42.5 Å². The predicted molar refractivity (Wildman–Crippen MR) is 159 cm³/mol. The van der Waals surface area contributed by atoms with Crippen LogP contribution in [0, 0.1) is 23.1 Å². The number of hydrogen-bond acceptors (Lipinski definition) is 8. The van der Waals surface area contributed by atoms with E-state index in [2.05, 4.69) is 10.6 Å². The van der Waals surface area contributed by atoms with E-state index in [1.54, 1.807) is 10.7 Å². The molecule has 2 N–H and O–H groups in total. The molecule has 218 valence electrons. The number of anilines is 2. The molecule has 0 radical (unpaired) electrons. The maximum Gasteiger partial charge on any atom is 0.153 e. The molecular weight excluding hydrogens is 543 g/mol. The fourth-order valence-corrected chi connectivity index (χ4v) is 6.56. The minimum atomic E-state index is -3.01. The highest BCUT2D eigenvalue weighted by molar-refractivity contribution is 7.91. The van der Waals surface area contributed by atoms with E-state index in [1.807, 2.05) is 49.1 Å². The van der Waals surface area contributed by atoms with Crippen LogP contribution in [0.3, 0.4) is 0 Å². The van der Waals surface area contributed by atoms with Gasteiger partial charge in [-0.2, -0.15) is 5.26 Å². The lowest BCUT2D eigenvalue weighted by Crippen LogP contribution is -2.40. The molecule has 0 saturated carbocycles. The van der Waals surface area contributed by atoms with E-state index in [0.29, 0.717) is 47.5 Å². The van der Waals surface area contributed by atoms with E-state index in [1.165, 1.54) is 12.1 Å². The van der Waals surface area contributed by atoms with Gasteiger partial charge in [0, 0.05) is 43.0 Å². The fraction of sp³-hybridized carbons (Fsp3) is 0.467. The van der Waals surface area contributed by atoms with Crippen molar-refractivity contribution in [2.45, 2.75) is 39.2 Å². The lowest BCUT2D eigenvalue weighted by molar-refractivity contribution is 0.241. The highest BCUT2D eigenvalue weighted by Crippen LogP contribution is 2.35. The minimum absolute atomic E-state index is 0.0168. The van der Waals surface area contributed by atoms with E-state index in [0.717, 1.165) is 44.6 Å². The summed E-state index contributed by atoms with van der Waals surface area (Å²) in [6, 6.07) is 14.1. The molecule has 11 heteroatoms. The SMILES string of the molecule is CC(C)Oc1cc(N2CCS(=O)(=O)CC2)ccc1-n1nc(NC[C@H]2CCCNCC2)cc1-c1ccc(C#N)c(F)c1. The minimum Gasteiger partial charge on any atom is -0.489 e. The van der Waals surface area contributed by atoms with Gasteiger partial charge in [0.05, 0.1) is 28.9 Å². The summed E-state index contributed by atoms with van der Waals surface area (Å²) in [5.41, 5.74) is 2.78. The van der Waals surface area contributed by atoms with Gasteiger partial charge in [-0.3, -0.25) is 0 Å². The van der Waals surface area contributed by atoms with Crippen LogP contribution in [-0.2, 0) is 9.84 Å². The lowest BCUT2D eigenvalue weighted by atomic mass is 10.0. The van der Waals surface area contributed by atoms with Gasteiger partial charge in [0.25, 0.3) is 0 Å². The van der Waals surface area contributed by atoms with Gasteiger partial charge >= 0.3 is 0 Å². The van der Waals surface area contributed by atoms with Crippen molar-refractivity contribution in [3.8, 4) is 28.8 Å². The second-order valence-corrected chi connectivity index (χ2v) is 13.3. The molecule has 3 heterocycles. The van der Waals surface area contributed by atoms with Crippen molar-refractivity contribution in [3.63, 3.8) is 0 Å². The molecule has 1 aromatic heterocycles. The van der Waals surface area contributed by atoms with Crippen molar-refractivity contribution in [1.29, 1.82) is 5.26 Å². The molecule has 0 aliphatic carbocycles. The third kappa shape index (κ3) is 7.00. The van der Waals surface area contributed by atoms with E-state index in [9.17, 15) is 18.1 Å². The number of rotatable bonds is 8. The largest absolute Gasteiger partial charge is 0.489 e. The average molecular weight is 581 g/mol. The topological polar surface area (TPSA) is 112 Å². The number of sulfone groups is 1. The summed E-state index contributed by atoms with van der Waals surface area (Å²) in [7, 11) is -3.01. The first kappa shape index (κ1) is 28.9. The highest BCUT2D eigenvalue weighted by Gasteiger charge is 2.24. The molecule has 41 heavy (non-hydrogen) atoms. The van der Waals surface area contributed by atoms with E-state index in [-0.39, 0.29) is 23.2 Å². The normalized spacial score (nSPS) is 19.0. The monoisotopic (exact) mass is 580 g/mol. The standard InChI is InChI=1S/C30H37FN6O3S/c1-21(2)40-29-17-25(36-12-14-41(38,39)15-13-36)7-8-27(29)37-28(23-5-6-24(19-32)26(31)16-23)18-30(35-37)34-20-22-4-3-10-33-11-9-22/h5-8,16-18,21-22,33H,3-4,9-15,20H2,1-2H3,(H,34,35)/t22-/m0/s1. The number of aromatic nitrogens is 2. The summed E-state index contributed by atoms with van der Waals surface area (Å²) < 4.78 is 46.7. The Morgan fingerprint density at radius 1 is 1.15 bits per heavy atom. The summed E-state index contributed by atoms with van der Waals surface area (Å²) in [5.74, 6) is 1.43. The summed E-state index contributed by atoms with van der Waals surface area (Å²) in [4.78, 5) is 2.05. The number of nitrogens with one attached hydrogen (secondary N) is 2. The number of halogens is 1. The second-order valence-electron chi connectivity index (χ2n) is 11.0. The zero-order valence-corrected chi connectivity index (χ0v) is 24.4. The van der Waals surface area contributed by atoms with Crippen LogP contribution >= 0.6 is 0 Å². The van der Waals surface area contributed by atoms with Crippen LogP contribution in [0.5, 0.6) is 5.75 Å². The summed E-state index contributed by atoms with van der Waals surface area (Å²) in [5, 5.41) is 21.1. The van der Waals surface area contributed by atoms with Crippen molar-refractivity contribution >= 4 is 21.3 Å². The molecule has 2 aliphatic heterocycles. The molecule has 2 aliphatic rings. The summed E-state index contributed by atoms with van der Waals surface area (Å²) in [6.07, 6.45) is 3.24. The first-order valence-corrected chi connectivity index (χ1v) is 16.1. The molecular formula is C30H37FN6O3S.